The van der Waals surface area contributed by atoms with Crippen LogP contribution < -0.4 is 14.2 Å². The molecule has 9 heteroatoms. The second-order valence-corrected chi connectivity index (χ2v) is 9.15. The van der Waals surface area contributed by atoms with Crippen LogP contribution in [0.25, 0.3) is 11.3 Å². The number of rotatable bonds is 4. The van der Waals surface area contributed by atoms with E-state index >= 15 is 0 Å². The van der Waals surface area contributed by atoms with Gasteiger partial charge < -0.3 is 14.0 Å². The van der Waals surface area contributed by atoms with Gasteiger partial charge in [-0.3, -0.25) is 4.72 Å². The van der Waals surface area contributed by atoms with Crippen molar-refractivity contribution < 1.29 is 17.9 Å². The molecule has 5 rings (SSSR count). The van der Waals surface area contributed by atoms with Crippen LogP contribution in [-0.4, -0.2) is 36.9 Å². The lowest BCUT2D eigenvalue weighted by Gasteiger charge is -2.19. The molecule has 144 valence electrons. The fraction of sp³-hybridized carbons (Fsp3) is 0.211. The third kappa shape index (κ3) is 3.10. The molecule has 2 aliphatic rings. The Morgan fingerprint density at radius 3 is 2.75 bits per heavy atom. The van der Waals surface area contributed by atoms with Crippen molar-refractivity contribution in [3.8, 4) is 22.8 Å². The molecule has 1 aromatic heterocycles. The summed E-state index contributed by atoms with van der Waals surface area (Å²) >= 11 is 1.70. The lowest BCUT2D eigenvalue weighted by Crippen LogP contribution is -2.17. The standard InChI is InChI=1S/C19H17N3O4S2/c23-28(24,13-5-6-17-18(11-13)26-9-8-25-17)21-15-4-2-1-3-14(15)16-12-22-7-10-27-19(22)20-16/h1-6,11-12,21H,7-10H2. The van der Waals surface area contributed by atoms with Crippen LogP contribution in [-0.2, 0) is 16.6 Å². The maximum atomic E-state index is 13.0. The number of ether oxygens (including phenoxy) is 2. The van der Waals surface area contributed by atoms with Crippen LogP contribution in [0.5, 0.6) is 11.5 Å². The van der Waals surface area contributed by atoms with E-state index in [-0.39, 0.29) is 4.90 Å². The zero-order valence-corrected chi connectivity index (χ0v) is 16.4. The first-order valence-corrected chi connectivity index (χ1v) is 11.3. The first-order chi connectivity index (χ1) is 13.6. The van der Waals surface area contributed by atoms with Crippen LogP contribution in [0.4, 0.5) is 5.69 Å². The van der Waals surface area contributed by atoms with Crippen LogP contribution >= 0.6 is 11.8 Å². The van der Waals surface area contributed by atoms with Crippen molar-refractivity contribution in [2.24, 2.45) is 0 Å². The van der Waals surface area contributed by atoms with E-state index in [2.05, 4.69) is 14.3 Å². The van der Waals surface area contributed by atoms with Gasteiger partial charge in [0.05, 0.1) is 16.3 Å². The van der Waals surface area contributed by atoms with E-state index in [1.807, 2.05) is 18.3 Å². The smallest absolute Gasteiger partial charge is 0.262 e. The number of hydrogen-bond donors (Lipinski definition) is 1. The fourth-order valence-corrected chi connectivity index (χ4v) is 5.27. The van der Waals surface area contributed by atoms with Gasteiger partial charge in [0.25, 0.3) is 10.0 Å². The minimum Gasteiger partial charge on any atom is -0.486 e. The van der Waals surface area contributed by atoms with E-state index < -0.39 is 10.0 Å². The summed E-state index contributed by atoms with van der Waals surface area (Å²) in [5.41, 5.74) is 1.98. The predicted octanol–water partition coefficient (Wildman–Crippen LogP) is 3.23. The Morgan fingerprint density at radius 2 is 1.89 bits per heavy atom. The molecule has 0 radical (unpaired) electrons. The normalized spacial score (nSPS) is 15.3. The second kappa shape index (κ2) is 6.75. The molecule has 0 bridgehead atoms. The Hall–Kier alpha value is -2.65. The third-order valence-corrected chi connectivity index (χ3v) is 6.91. The number of nitrogens with zero attached hydrogens (tertiary/aromatic N) is 2. The Balaban J connectivity index is 1.49. The van der Waals surface area contributed by atoms with Crippen LogP contribution in [0.1, 0.15) is 0 Å². The molecule has 28 heavy (non-hydrogen) atoms. The first kappa shape index (κ1) is 17.4. The van der Waals surface area contributed by atoms with E-state index in [1.165, 1.54) is 12.1 Å². The molecule has 0 amide bonds. The zero-order chi connectivity index (χ0) is 19.1. The molecule has 0 spiro atoms. The number of fused-ring (bicyclic) bond motifs is 2. The molecule has 0 fully saturated rings. The molecular formula is C19H17N3O4S2. The van der Waals surface area contributed by atoms with E-state index in [1.54, 1.807) is 30.0 Å². The summed E-state index contributed by atoms with van der Waals surface area (Å²) in [5, 5.41) is 0.958. The lowest BCUT2D eigenvalue weighted by atomic mass is 10.1. The number of aryl methyl sites for hydroxylation is 1. The van der Waals surface area contributed by atoms with Crippen LogP contribution in [0.15, 0.2) is 58.7 Å². The summed E-state index contributed by atoms with van der Waals surface area (Å²) in [6.07, 6.45) is 1.96. The Bertz CT molecular complexity index is 1140. The zero-order valence-electron chi connectivity index (χ0n) is 14.8. The quantitative estimate of drug-likeness (QED) is 0.705. The maximum Gasteiger partial charge on any atom is 0.262 e. The highest BCUT2D eigenvalue weighted by Crippen LogP contribution is 2.35. The summed E-state index contributed by atoms with van der Waals surface area (Å²) in [6, 6.07) is 11.9. The molecule has 3 heterocycles. The Labute approximate surface area is 166 Å². The van der Waals surface area contributed by atoms with E-state index in [0.29, 0.717) is 30.4 Å². The van der Waals surface area contributed by atoms with Crippen molar-refractivity contribution in [1.82, 2.24) is 9.55 Å². The number of aromatic nitrogens is 2. The molecule has 7 nitrogen and oxygen atoms in total. The number of benzene rings is 2. The van der Waals surface area contributed by atoms with Gasteiger partial charge in [-0.25, -0.2) is 13.4 Å². The number of thioether (sulfide) groups is 1. The van der Waals surface area contributed by atoms with Gasteiger partial charge in [0, 0.05) is 30.1 Å². The summed E-state index contributed by atoms with van der Waals surface area (Å²) in [6.45, 7) is 1.77. The van der Waals surface area contributed by atoms with Gasteiger partial charge in [0.1, 0.15) is 13.2 Å². The van der Waals surface area contributed by atoms with Gasteiger partial charge in [-0.05, 0) is 18.2 Å². The highest BCUT2D eigenvalue weighted by molar-refractivity contribution is 7.99. The molecule has 0 atom stereocenters. The van der Waals surface area contributed by atoms with Gasteiger partial charge >= 0.3 is 0 Å². The molecule has 0 saturated carbocycles. The number of nitrogens with one attached hydrogen (secondary N) is 1. The Kier molecular flexibility index (Phi) is 4.21. The Morgan fingerprint density at radius 1 is 1.07 bits per heavy atom. The lowest BCUT2D eigenvalue weighted by molar-refractivity contribution is 0.171. The molecular weight excluding hydrogens is 398 g/mol. The van der Waals surface area contributed by atoms with E-state index in [0.717, 1.165) is 28.7 Å². The second-order valence-electron chi connectivity index (χ2n) is 6.41. The summed E-state index contributed by atoms with van der Waals surface area (Å²) in [7, 11) is -3.80. The number of para-hydroxylation sites is 1. The molecule has 0 saturated heterocycles. The molecule has 0 unspecified atom stereocenters. The van der Waals surface area contributed by atoms with Crippen molar-refractivity contribution in [1.29, 1.82) is 0 Å². The minimum atomic E-state index is -3.80. The number of hydrogen-bond acceptors (Lipinski definition) is 6. The number of sulfonamides is 1. The molecule has 2 aromatic carbocycles. The fourth-order valence-electron chi connectivity index (χ4n) is 3.23. The minimum absolute atomic E-state index is 0.120. The predicted molar refractivity (Wildman–Crippen MR) is 107 cm³/mol. The molecule has 3 aromatic rings. The average Bonchev–Trinajstić information content (AvgIpc) is 3.30. The molecule has 1 N–H and O–H groups in total. The summed E-state index contributed by atoms with van der Waals surface area (Å²) < 4.78 is 41.7. The van der Waals surface area contributed by atoms with Crippen molar-refractivity contribution in [3.63, 3.8) is 0 Å². The third-order valence-electron chi connectivity index (χ3n) is 4.57. The van der Waals surface area contributed by atoms with Crippen molar-refractivity contribution in [2.45, 2.75) is 16.6 Å². The largest absolute Gasteiger partial charge is 0.486 e. The topological polar surface area (TPSA) is 82.5 Å². The van der Waals surface area contributed by atoms with Gasteiger partial charge in [-0.15, -0.1) is 0 Å². The van der Waals surface area contributed by atoms with Gasteiger partial charge in [0.2, 0.25) is 0 Å². The highest BCUT2D eigenvalue weighted by atomic mass is 32.2. The van der Waals surface area contributed by atoms with Crippen molar-refractivity contribution in [3.05, 3.63) is 48.7 Å². The highest BCUT2D eigenvalue weighted by Gasteiger charge is 2.22. The van der Waals surface area contributed by atoms with Gasteiger partial charge in [0.15, 0.2) is 16.7 Å². The first-order valence-electron chi connectivity index (χ1n) is 8.82. The van der Waals surface area contributed by atoms with Crippen molar-refractivity contribution in [2.75, 3.05) is 23.7 Å². The average molecular weight is 415 g/mol. The van der Waals surface area contributed by atoms with E-state index in [4.69, 9.17) is 9.47 Å². The van der Waals surface area contributed by atoms with Gasteiger partial charge in [-0.1, -0.05) is 30.0 Å². The van der Waals surface area contributed by atoms with Crippen LogP contribution in [0, 0.1) is 0 Å². The van der Waals surface area contributed by atoms with Crippen LogP contribution in [0.3, 0.4) is 0 Å². The van der Waals surface area contributed by atoms with Crippen LogP contribution in [0.2, 0.25) is 0 Å². The number of imidazole rings is 1. The SMILES string of the molecule is O=S(=O)(Nc1ccccc1-c1cn2c(n1)SCC2)c1ccc2c(c1)OCCO2. The van der Waals surface area contributed by atoms with E-state index in [9.17, 15) is 8.42 Å². The number of anilines is 1. The summed E-state index contributed by atoms with van der Waals surface area (Å²) in [5.74, 6) is 2.00. The summed E-state index contributed by atoms with van der Waals surface area (Å²) in [4.78, 5) is 4.76. The molecule has 0 aliphatic carbocycles. The molecule has 2 aliphatic heterocycles. The monoisotopic (exact) mass is 415 g/mol. The van der Waals surface area contributed by atoms with Gasteiger partial charge in [-0.2, -0.15) is 0 Å². The van der Waals surface area contributed by atoms with Crippen molar-refractivity contribution >= 4 is 27.5 Å². The maximum absolute atomic E-state index is 13.0.